The van der Waals surface area contributed by atoms with Gasteiger partial charge in [0.15, 0.2) is 0 Å². The molecule has 0 radical (unpaired) electrons. The molecule has 0 aliphatic heterocycles. The van der Waals surface area contributed by atoms with Crippen LogP contribution in [0.15, 0.2) is 11.4 Å². The molecular formula is C10H16ClNS. The second-order valence-electron chi connectivity index (χ2n) is 3.68. The van der Waals surface area contributed by atoms with Gasteiger partial charge in [0.05, 0.1) is 0 Å². The molecule has 0 amide bonds. The molecule has 2 rings (SSSR count). The SMILES string of the molecule is Cc1ccsc1[C@@H](N)C1CCC1.Cl. The van der Waals surface area contributed by atoms with Crippen molar-refractivity contribution in [3.63, 3.8) is 0 Å². The monoisotopic (exact) mass is 217 g/mol. The first kappa shape index (κ1) is 11.0. The zero-order chi connectivity index (χ0) is 8.55. The van der Waals surface area contributed by atoms with Crippen molar-refractivity contribution < 1.29 is 0 Å². The van der Waals surface area contributed by atoms with E-state index < -0.39 is 0 Å². The van der Waals surface area contributed by atoms with E-state index in [4.69, 9.17) is 5.73 Å². The fraction of sp³-hybridized carbons (Fsp3) is 0.600. The molecule has 1 aromatic heterocycles. The Labute approximate surface area is 89.7 Å². The highest BCUT2D eigenvalue weighted by molar-refractivity contribution is 7.10. The molecule has 0 bridgehead atoms. The third-order valence-corrected chi connectivity index (χ3v) is 3.98. The van der Waals surface area contributed by atoms with Crippen molar-refractivity contribution >= 4 is 23.7 Å². The van der Waals surface area contributed by atoms with E-state index >= 15 is 0 Å². The topological polar surface area (TPSA) is 26.0 Å². The Hall–Kier alpha value is -0.0500. The minimum absolute atomic E-state index is 0. The molecule has 1 saturated carbocycles. The lowest BCUT2D eigenvalue weighted by Gasteiger charge is -2.31. The van der Waals surface area contributed by atoms with Crippen LogP contribution in [0.4, 0.5) is 0 Å². The van der Waals surface area contributed by atoms with Gasteiger partial charge < -0.3 is 5.73 Å². The Morgan fingerprint density at radius 1 is 1.54 bits per heavy atom. The predicted octanol–water partition coefficient (Wildman–Crippen LogP) is 3.28. The lowest BCUT2D eigenvalue weighted by atomic mass is 9.79. The van der Waals surface area contributed by atoms with E-state index in [1.165, 1.54) is 29.7 Å². The summed E-state index contributed by atoms with van der Waals surface area (Å²) in [5.74, 6) is 0.766. The molecule has 1 aliphatic rings. The van der Waals surface area contributed by atoms with E-state index in [0.29, 0.717) is 6.04 Å². The van der Waals surface area contributed by atoms with Crippen LogP contribution in [0.2, 0.25) is 0 Å². The summed E-state index contributed by atoms with van der Waals surface area (Å²) < 4.78 is 0. The summed E-state index contributed by atoms with van der Waals surface area (Å²) in [4.78, 5) is 1.40. The number of rotatable bonds is 2. The molecule has 3 heteroatoms. The van der Waals surface area contributed by atoms with Gasteiger partial charge in [-0.25, -0.2) is 0 Å². The Morgan fingerprint density at radius 3 is 2.62 bits per heavy atom. The fourth-order valence-electron chi connectivity index (χ4n) is 1.74. The van der Waals surface area contributed by atoms with Crippen LogP contribution in [0.3, 0.4) is 0 Å². The second-order valence-corrected chi connectivity index (χ2v) is 4.63. The quantitative estimate of drug-likeness (QED) is 0.809. The first-order valence-corrected chi connectivity index (χ1v) is 5.46. The van der Waals surface area contributed by atoms with Gasteiger partial charge in [0.25, 0.3) is 0 Å². The number of thiophene rings is 1. The molecule has 1 aliphatic carbocycles. The van der Waals surface area contributed by atoms with E-state index in [1.807, 2.05) is 11.3 Å². The van der Waals surface area contributed by atoms with Gasteiger partial charge in [-0.2, -0.15) is 0 Å². The first-order valence-electron chi connectivity index (χ1n) is 4.58. The molecule has 13 heavy (non-hydrogen) atoms. The molecule has 2 N–H and O–H groups in total. The Balaban J connectivity index is 0.000000845. The zero-order valence-electron chi connectivity index (χ0n) is 7.82. The average Bonchev–Trinajstić information content (AvgIpc) is 2.31. The van der Waals surface area contributed by atoms with Crippen molar-refractivity contribution in [2.45, 2.75) is 32.2 Å². The number of hydrogen-bond acceptors (Lipinski definition) is 2. The number of halogens is 1. The zero-order valence-corrected chi connectivity index (χ0v) is 9.46. The smallest absolute Gasteiger partial charge is 0.0421 e. The standard InChI is InChI=1S/C10H15NS.ClH/c1-7-5-6-12-10(7)9(11)8-3-2-4-8;/h5-6,8-9H,2-4,11H2,1H3;1H/t9-;/m0./s1. The highest BCUT2D eigenvalue weighted by Gasteiger charge is 2.26. The fourth-order valence-corrected chi connectivity index (χ4v) is 2.76. The van der Waals surface area contributed by atoms with Crippen LogP contribution in [-0.4, -0.2) is 0 Å². The Kier molecular flexibility index (Phi) is 3.77. The largest absolute Gasteiger partial charge is 0.323 e. The van der Waals surface area contributed by atoms with E-state index in [9.17, 15) is 0 Å². The molecule has 0 aromatic carbocycles. The van der Waals surface area contributed by atoms with Crippen LogP contribution >= 0.6 is 23.7 Å². The molecule has 1 fully saturated rings. The van der Waals surface area contributed by atoms with Crippen molar-refractivity contribution in [2.24, 2.45) is 11.7 Å². The third kappa shape index (κ3) is 2.06. The first-order chi connectivity index (χ1) is 5.79. The molecule has 0 spiro atoms. The highest BCUT2D eigenvalue weighted by Crippen LogP contribution is 2.38. The molecule has 1 heterocycles. The van der Waals surface area contributed by atoms with Crippen LogP contribution in [-0.2, 0) is 0 Å². The van der Waals surface area contributed by atoms with Crippen molar-refractivity contribution in [1.29, 1.82) is 0 Å². The minimum atomic E-state index is 0. The maximum Gasteiger partial charge on any atom is 0.0421 e. The highest BCUT2D eigenvalue weighted by atomic mass is 35.5. The van der Waals surface area contributed by atoms with Gasteiger partial charge in [0.2, 0.25) is 0 Å². The summed E-state index contributed by atoms with van der Waals surface area (Å²) in [7, 11) is 0. The maximum absolute atomic E-state index is 6.16. The second kappa shape index (κ2) is 4.45. The van der Waals surface area contributed by atoms with E-state index in [0.717, 1.165) is 5.92 Å². The van der Waals surface area contributed by atoms with Crippen molar-refractivity contribution in [2.75, 3.05) is 0 Å². The summed E-state index contributed by atoms with van der Waals surface area (Å²) in [6, 6.07) is 2.48. The lowest BCUT2D eigenvalue weighted by molar-refractivity contribution is 0.266. The molecule has 1 atom stereocenters. The van der Waals surface area contributed by atoms with Gasteiger partial charge in [-0.1, -0.05) is 6.42 Å². The molecule has 0 saturated heterocycles. The third-order valence-electron chi connectivity index (χ3n) is 2.86. The van der Waals surface area contributed by atoms with Crippen molar-refractivity contribution in [3.05, 3.63) is 21.9 Å². The summed E-state index contributed by atoms with van der Waals surface area (Å²) in [5.41, 5.74) is 7.53. The number of aryl methyl sites for hydroxylation is 1. The van der Waals surface area contributed by atoms with Crippen molar-refractivity contribution in [3.8, 4) is 0 Å². The number of nitrogens with two attached hydrogens (primary N) is 1. The van der Waals surface area contributed by atoms with Gasteiger partial charge in [-0.05, 0) is 42.7 Å². The average molecular weight is 218 g/mol. The van der Waals surface area contributed by atoms with Crippen LogP contribution in [0, 0.1) is 12.8 Å². The summed E-state index contributed by atoms with van der Waals surface area (Å²) in [6.07, 6.45) is 4.04. The van der Waals surface area contributed by atoms with E-state index in [-0.39, 0.29) is 12.4 Å². The summed E-state index contributed by atoms with van der Waals surface area (Å²) in [6.45, 7) is 2.16. The molecule has 1 aromatic rings. The Bertz CT molecular complexity index is 268. The van der Waals surface area contributed by atoms with Crippen LogP contribution < -0.4 is 5.73 Å². The molecule has 1 nitrogen and oxygen atoms in total. The normalized spacial score (nSPS) is 18.9. The predicted molar refractivity (Wildman–Crippen MR) is 60.6 cm³/mol. The van der Waals surface area contributed by atoms with Gasteiger partial charge >= 0.3 is 0 Å². The van der Waals surface area contributed by atoms with Gasteiger partial charge in [0, 0.05) is 10.9 Å². The molecule has 74 valence electrons. The Morgan fingerprint density at radius 2 is 2.23 bits per heavy atom. The maximum atomic E-state index is 6.16. The van der Waals surface area contributed by atoms with Gasteiger partial charge in [0.1, 0.15) is 0 Å². The summed E-state index contributed by atoms with van der Waals surface area (Å²) in [5, 5.41) is 2.14. The van der Waals surface area contributed by atoms with Gasteiger partial charge in [-0.15, -0.1) is 23.7 Å². The van der Waals surface area contributed by atoms with Crippen molar-refractivity contribution in [1.82, 2.24) is 0 Å². The van der Waals surface area contributed by atoms with E-state index in [1.54, 1.807) is 0 Å². The van der Waals surface area contributed by atoms with Crippen LogP contribution in [0.5, 0.6) is 0 Å². The van der Waals surface area contributed by atoms with Gasteiger partial charge in [-0.3, -0.25) is 0 Å². The van der Waals surface area contributed by atoms with E-state index in [2.05, 4.69) is 18.4 Å². The minimum Gasteiger partial charge on any atom is -0.323 e. The molecule has 0 unspecified atom stereocenters. The summed E-state index contributed by atoms with van der Waals surface area (Å²) >= 11 is 1.81. The number of hydrogen-bond donors (Lipinski definition) is 1. The molecular weight excluding hydrogens is 202 g/mol. The lowest BCUT2D eigenvalue weighted by Crippen LogP contribution is -2.26. The van der Waals surface area contributed by atoms with Crippen LogP contribution in [0.1, 0.15) is 35.7 Å². The van der Waals surface area contributed by atoms with Crippen LogP contribution in [0.25, 0.3) is 0 Å².